The molecule has 4 heterocycles. The fraction of sp³-hybridized carbons (Fsp3) is 0.395. The number of anilines is 1. The lowest BCUT2D eigenvalue weighted by molar-refractivity contribution is -0.155. The van der Waals surface area contributed by atoms with Crippen molar-refractivity contribution in [2.24, 2.45) is 5.73 Å². The number of primary amides is 1. The van der Waals surface area contributed by atoms with Gasteiger partial charge in [0.1, 0.15) is 36.1 Å². The van der Waals surface area contributed by atoms with Crippen molar-refractivity contribution in [3.05, 3.63) is 81.5 Å². The number of fused-ring (bicyclic) bond motifs is 1. The van der Waals surface area contributed by atoms with Crippen LogP contribution < -0.4 is 20.1 Å². The topological polar surface area (TPSA) is 179 Å². The number of rotatable bonds is 10. The van der Waals surface area contributed by atoms with E-state index in [1.165, 1.54) is 17.0 Å². The zero-order valence-electron chi connectivity index (χ0n) is 29.5. The minimum atomic E-state index is -1.22. The first-order valence-corrected chi connectivity index (χ1v) is 18.3. The molecule has 5 amide bonds. The summed E-state index contributed by atoms with van der Waals surface area (Å²) in [6.07, 6.45) is 2.78. The summed E-state index contributed by atoms with van der Waals surface area (Å²) < 4.78 is 41.2. The molecule has 0 spiro atoms. The predicted molar refractivity (Wildman–Crippen MR) is 191 cm³/mol. The van der Waals surface area contributed by atoms with Gasteiger partial charge in [-0.15, -0.1) is 0 Å². The van der Waals surface area contributed by atoms with Gasteiger partial charge in [0.2, 0.25) is 5.91 Å². The van der Waals surface area contributed by atoms with Gasteiger partial charge < -0.3 is 20.1 Å². The number of hydrogen-bond donors (Lipinski definition) is 1. The molecule has 2 aromatic carbocycles. The molecule has 3 fully saturated rings. The molecule has 286 valence electrons. The number of nitrogens with zero attached hydrogens (tertiary/aromatic N) is 6. The number of benzene rings is 2. The second kappa shape index (κ2) is 15.6. The number of hydrogen-bond acceptors (Lipinski definition) is 11. The van der Waals surface area contributed by atoms with Gasteiger partial charge >= 0.3 is 0 Å². The number of piperazine rings is 1. The standard InChI is InChI=1S/C38H36ClF2N7O7/c39-28-15-24(4-1-21(28)19-42)55-23-5-2-22(3-6-23)47-34(49)8-7-31(38(47)53)48-36(51)25-16-30(41)32(17-26(25)37(48)52)54-14-13-45-9-11-46(12-10-45)33-18-29(40)27(20-44-33)35(43)50/h1,4,15-18,20,22-23,31H,2-3,5-14H2,(H2,43,50). The van der Waals surface area contributed by atoms with Gasteiger partial charge in [0.05, 0.1) is 33.4 Å². The van der Waals surface area contributed by atoms with E-state index in [1.807, 2.05) is 11.0 Å². The van der Waals surface area contributed by atoms with Crippen LogP contribution in [0.25, 0.3) is 0 Å². The monoisotopic (exact) mass is 775 g/mol. The minimum Gasteiger partial charge on any atom is -0.490 e. The summed E-state index contributed by atoms with van der Waals surface area (Å²) in [5.41, 5.74) is 4.93. The van der Waals surface area contributed by atoms with Crippen molar-refractivity contribution < 1.29 is 42.2 Å². The van der Waals surface area contributed by atoms with Crippen LogP contribution in [-0.2, 0) is 9.59 Å². The maximum atomic E-state index is 15.2. The molecule has 7 rings (SSSR count). The summed E-state index contributed by atoms with van der Waals surface area (Å²) in [6.45, 7) is 2.62. The third kappa shape index (κ3) is 7.54. The van der Waals surface area contributed by atoms with E-state index in [9.17, 15) is 28.4 Å². The summed E-state index contributed by atoms with van der Waals surface area (Å²) in [6, 6.07) is 8.42. The van der Waals surface area contributed by atoms with Crippen LogP contribution in [0.1, 0.15) is 75.2 Å². The van der Waals surface area contributed by atoms with E-state index < -0.39 is 47.3 Å². The number of likely N-dealkylation sites (tertiary alicyclic amines) is 1. The number of carbonyl (C=O) groups is 5. The number of nitrogens with two attached hydrogens (primary N) is 1. The first-order chi connectivity index (χ1) is 26.4. The van der Waals surface area contributed by atoms with Gasteiger partial charge in [0.25, 0.3) is 23.6 Å². The van der Waals surface area contributed by atoms with Gasteiger partial charge in [-0.1, -0.05) is 11.6 Å². The fourth-order valence-electron chi connectivity index (χ4n) is 7.60. The first-order valence-electron chi connectivity index (χ1n) is 17.9. The Morgan fingerprint density at radius 3 is 2.29 bits per heavy atom. The third-order valence-electron chi connectivity index (χ3n) is 10.5. The second-order valence-corrected chi connectivity index (χ2v) is 14.2. The van der Waals surface area contributed by atoms with Crippen molar-refractivity contribution in [2.45, 2.75) is 56.7 Å². The first kappa shape index (κ1) is 37.6. The molecular weight excluding hydrogens is 740 g/mol. The molecule has 0 bridgehead atoms. The number of piperidine rings is 1. The van der Waals surface area contributed by atoms with Crippen LogP contribution in [-0.4, -0.2) is 107 Å². The zero-order valence-corrected chi connectivity index (χ0v) is 30.3. The van der Waals surface area contributed by atoms with Gasteiger partial charge in [-0.2, -0.15) is 5.26 Å². The van der Waals surface area contributed by atoms with Crippen LogP contribution in [0.3, 0.4) is 0 Å². The molecule has 17 heteroatoms. The van der Waals surface area contributed by atoms with Gasteiger partial charge in [0, 0.05) is 63.5 Å². The van der Waals surface area contributed by atoms with E-state index in [2.05, 4.69) is 9.88 Å². The lowest BCUT2D eigenvalue weighted by Crippen LogP contribution is -2.59. The lowest BCUT2D eigenvalue weighted by atomic mass is 9.89. The number of carbonyl (C=O) groups excluding carboxylic acids is 5. The molecule has 2 N–H and O–H groups in total. The van der Waals surface area contributed by atoms with E-state index in [0.29, 0.717) is 75.5 Å². The summed E-state index contributed by atoms with van der Waals surface area (Å²) in [7, 11) is 0. The van der Waals surface area contributed by atoms with E-state index in [-0.39, 0.29) is 58.9 Å². The number of nitriles is 1. The van der Waals surface area contributed by atoms with Crippen LogP contribution in [0, 0.1) is 23.0 Å². The number of ether oxygens (including phenoxy) is 2. The smallest absolute Gasteiger partial charge is 0.262 e. The maximum absolute atomic E-state index is 15.2. The van der Waals surface area contributed by atoms with Crippen molar-refractivity contribution in [3.8, 4) is 17.6 Å². The molecule has 2 saturated heterocycles. The van der Waals surface area contributed by atoms with E-state index in [1.54, 1.807) is 18.2 Å². The minimum absolute atomic E-state index is 0.0413. The Kier molecular flexibility index (Phi) is 10.7. The molecule has 1 aliphatic carbocycles. The molecule has 3 aromatic rings. The highest BCUT2D eigenvalue weighted by Gasteiger charge is 2.49. The Labute approximate surface area is 319 Å². The molecule has 1 unspecified atom stereocenters. The Balaban J connectivity index is 0.934. The molecule has 1 aromatic heterocycles. The van der Waals surface area contributed by atoms with Crippen LogP contribution in [0.2, 0.25) is 5.02 Å². The Morgan fingerprint density at radius 2 is 1.64 bits per heavy atom. The SMILES string of the molecule is N#Cc1ccc(OC2CCC(N3C(=O)CCC(N4C(=O)c5cc(F)c(OCCN6CCN(c7cc(F)c(C(N)=O)cn7)CC6)cc5C4=O)C3=O)CC2)cc1Cl. The van der Waals surface area contributed by atoms with Crippen LogP contribution in [0.4, 0.5) is 14.6 Å². The van der Waals surface area contributed by atoms with E-state index >= 15 is 4.39 Å². The number of aromatic nitrogens is 1. The number of halogens is 3. The highest BCUT2D eigenvalue weighted by molar-refractivity contribution is 6.31. The number of amides is 5. The summed E-state index contributed by atoms with van der Waals surface area (Å²) >= 11 is 6.13. The summed E-state index contributed by atoms with van der Waals surface area (Å²) in [5, 5.41) is 9.39. The molecule has 55 heavy (non-hydrogen) atoms. The highest BCUT2D eigenvalue weighted by Crippen LogP contribution is 2.36. The quantitative estimate of drug-likeness (QED) is 0.297. The molecule has 0 radical (unpaired) electrons. The van der Waals surface area contributed by atoms with Crippen molar-refractivity contribution in [2.75, 3.05) is 44.2 Å². The molecule has 14 nitrogen and oxygen atoms in total. The van der Waals surface area contributed by atoms with Gasteiger partial charge in [0.15, 0.2) is 11.6 Å². The average Bonchev–Trinajstić information content (AvgIpc) is 3.40. The normalized spacial score (nSPS) is 21.8. The maximum Gasteiger partial charge on any atom is 0.262 e. The molecule has 3 aliphatic heterocycles. The highest BCUT2D eigenvalue weighted by atomic mass is 35.5. The second-order valence-electron chi connectivity index (χ2n) is 13.8. The summed E-state index contributed by atoms with van der Waals surface area (Å²) in [5.74, 6) is -4.42. The Bertz CT molecular complexity index is 2110. The summed E-state index contributed by atoms with van der Waals surface area (Å²) in [4.78, 5) is 75.5. The molecule has 1 saturated carbocycles. The van der Waals surface area contributed by atoms with Crippen molar-refractivity contribution in [1.82, 2.24) is 19.7 Å². The lowest BCUT2D eigenvalue weighted by Gasteiger charge is -2.41. The van der Waals surface area contributed by atoms with Crippen LogP contribution in [0.5, 0.6) is 11.5 Å². The predicted octanol–water partition coefficient (Wildman–Crippen LogP) is 3.69. The van der Waals surface area contributed by atoms with Crippen LogP contribution in [0.15, 0.2) is 42.6 Å². The molecule has 4 aliphatic rings. The van der Waals surface area contributed by atoms with Crippen molar-refractivity contribution in [1.29, 1.82) is 5.26 Å². The average molecular weight is 776 g/mol. The number of pyridine rings is 1. The Morgan fingerprint density at radius 1 is 0.927 bits per heavy atom. The van der Waals surface area contributed by atoms with Gasteiger partial charge in [-0.25, -0.2) is 13.8 Å². The number of imide groups is 2. The van der Waals surface area contributed by atoms with E-state index in [4.69, 9.17) is 32.1 Å². The largest absolute Gasteiger partial charge is 0.490 e. The molecular formula is C38H36ClF2N7O7. The third-order valence-corrected chi connectivity index (χ3v) is 10.9. The van der Waals surface area contributed by atoms with Crippen molar-refractivity contribution in [3.63, 3.8) is 0 Å². The molecule has 1 atom stereocenters. The zero-order chi connectivity index (χ0) is 39.0. The van der Waals surface area contributed by atoms with E-state index in [0.717, 1.165) is 17.2 Å². The van der Waals surface area contributed by atoms with Gasteiger partial charge in [-0.3, -0.25) is 38.7 Å². The van der Waals surface area contributed by atoms with Crippen molar-refractivity contribution >= 4 is 47.0 Å². The van der Waals surface area contributed by atoms with Gasteiger partial charge in [-0.05, 0) is 56.4 Å². The fourth-order valence-corrected chi connectivity index (χ4v) is 7.81. The van der Waals surface area contributed by atoms with Crippen LogP contribution >= 0.6 is 11.6 Å². The Hall–Kier alpha value is -5.66.